The van der Waals surface area contributed by atoms with E-state index in [1.165, 1.54) is 0 Å². The molecule has 4 aromatic rings. The highest BCUT2D eigenvalue weighted by molar-refractivity contribution is 5.83. The van der Waals surface area contributed by atoms with E-state index in [9.17, 15) is 0 Å². The van der Waals surface area contributed by atoms with E-state index in [0.29, 0.717) is 0 Å². The van der Waals surface area contributed by atoms with Gasteiger partial charge in [-0.05, 0) is 12.1 Å². The molecule has 0 N–H and O–H groups in total. The van der Waals surface area contributed by atoms with Gasteiger partial charge in [0.25, 0.3) is 0 Å². The summed E-state index contributed by atoms with van der Waals surface area (Å²) < 4.78 is 9.67. The molecule has 0 unspecified atom stereocenters. The number of ether oxygens (including phenoxy) is 1. The molecule has 0 amide bonds. The molecule has 0 spiro atoms. The van der Waals surface area contributed by atoms with Crippen LogP contribution >= 0.6 is 0 Å². The Morgan fingerprint density at radius 2 is 1.69 bits per heavy atom. The molecule has 1 fully saturated rings. The summed E-state index contributed by atoms with van der Waals surface area (Å²) in [5.41, 5.74) is 3.87. The Kier molecular flexibility index (Phi) is 3.75. The van der Waals surface area contributed by atoms with Gasteiger partial charge in [0, 0.05) is 26.2 Å². The number of anilines is 1. The number of rotatable bonds is 4. The van der Waals surface area contributed by atoms with E-state index in [-0.39, 0.29) is 0 Å². The van der Waals surface area contributed by atoms with E-state index in [4.69, 9.17) is 4.74 Å². The predicted molar refractivity (Wildman–Crippen MR) is 98.1 cm³/mol. The number of morpholine rings is 1. The first-order valence-electron chi connectivity index (χ1n) is 8.78. The Morgan fingerprint density at radius 1 is 0.885 bits per heavy atom. The second kappa shape index (κ2) is 6.38. The number of nitrogens with zero attached hydrogens (tertiary/aromatic N) is 7. The lowest BCUT2D eigenvalue weighted by atomic mass is 10.3. The van der Waals surface area contributed by atoms with E-state index in [2.05, 4.69) is 40.0 Å². The lowest BCUT2D eigenvalue weighted by molar-refractivity contribution is 0.122. The van der Waals surface area contributed by atoms with E-state index in [1.807, 2.05) is 30.9 Å². The van der Waals surface area contributed by atoms with Crippen LogP contribution in [0.4, 0.5) is 5.82 Å². The number of aryl methyl sites for hydroxylation is 2. The van der Waals surface area contributed by atoms with Crippen LogP contribution < -0.4 is 4.90 Å². The fraction of sp³-hybridized carbons (Fsp3) is 0.333. The fourth-order valence-corrected chi connectivity index (χ4v) is 3.44. The third kappa shape index (κ3) is 2.59. The Balaban J connectivity index is 1.43. The summed E-state index contributed by atoms with van der Waals surface area (Å²) in [5.74, 6) is 0.894. The number of fused-ring (bicyclic) bond motifs is 2. The lowest BCUT2D eigenvalue weighted by Gasteiger charge is -2.27. The summed E-state index contributed by atoms with van der Waals surface area (Å²) in [6, 6.07) is 8.16. The first-order chi connectivity index (χ1) is 12.9. The second-order valence-electron chi connectivity index (χ2n) is 6.33. The average Bonchev–Trinajstić information content (AvgIpc) is 3.31. The Morgan fingerprint density at radius 3 is 2.62 bits per heavy atom. The Labute approximate surface area is 150 Å². The second-order valence-corrected chi connectivity index (χ2v) is 6.33. The Bertz CT molecular complexity index is 1050. The van der Waals surface area contributed by atoms with Crippen molar-refractivity contribution >= 4 is 28.0 Å². The number of para-hydroxylation sites is 2. The first kappa shape index (κ1) is 15.3. The van der Waals surface area contributed by atoms with Gasteiger partial charge in [0.05, 0.1) is 36.9 Å². The molecule has 8 heteroatoms. The molecule has 0 aliphatic carbocycles. The monoisotopic (exact) mass is 349 g/mol. The van der Waals surface area contributed by atoms with Crippen LogP contribution in [0.5, 0.6) is 0 Å². The van der Waals surface area contributed by atoms with Crippen molar-refractivity contribution in [3.05, 3.63) is 43.2 Å². The van der Waals surface area contributed by atoms with E-state index in [1.54, 1.807) is 6.33 Å². The highest BCUT2D eigenvalue weighted by Crippen LogP contribution is 2.22. The molecule has 1 aromatic carbocycles. The zero-order chi connectivity index (χ0) is 17.3. The smallest absolute Gasteiger partial charge is 0.165 e. The molecule has 0 bridgehead atoms. The van der Waals surface area contributed by atoms with Crippen molar-refractivity contribution in [2.24, 2.45) is 0 Å². The van der Waals surface area contributed by atoms with Crippen molar-refractivity contribution in [3.63, 3.8) is 0 Å². The summed E-state index contributed by atoms with van der Waals surface area (Å²) in [5, 5.41) is 0. The van der Waals surface area contributed by atoms with Gasteiger partial charge in [0.15, 0.2) is 17.0 Å². The third-order valence-corrected chi connectivity index (χ3v) is 4.80. The molecule has 1 aliphatic rings. The van der Waals surface area contributed by atoms with Crippen molar-refractivity contribution in [2.75, 3.05) is 31.2 Å². The standard InChI is InChI=1S/C18H19N7O/c1-2-4-15-14(3-1)21-12-24(15)5-6-25-13-22-16-17(19-11-20-18(16)25)23-7-9-26-10-8-23/h1-4,11-13H,5-10H2. The Hall–Kier alpha value is -3.00. The number of benzene rings is 1. The summed E-state index contributed by atoms with van der Waals surface area (Å²) in [7, 11) is 0. The van der Waals surface area contributed by atoms with Gasteiger partial charge in [-0.3, -0.25) is 0 Å². The minimum atomic E-state index is 0.722. The molecule has 132 valence electrons. The SMILES string of the molecule is c1ccc2c(c1)ncn2CCn1cnc2c(N3CCOCC3)ncnc21. The highest BCUT2D eigenvalue weighted by Gasteiger charge is 2.18. The van der Waals surface area contributed by atoms with Crippen molar-refractivity contribution in [1.29, 1.82) is 0 Å². The fourth-order valence-electron chi connectivity index (χ4n) is 3.44. The molecule has 0 atom stereocenters. The van der Waals surface area contributed by atoms with Crippen LogP contribution in [-0.2, 0) is 17.8 Å². The van der Waals surface area contributed by atoms with Gasteiger partial charge < -0.3 is 18.8 Å². The van der Waals surface area contributed by atoms with Crippen molar-refractivity contribution in [3.8, 4) is 0 Å². The minimum absolute atomic E-state index is 0.722. The van der Waals surface area contributed by atoms with Crippen LogP contribution in [0.15, 0.2) is 43.2 Å². The topological polar surface area (TPSA) is 73.9 Å². The molecule has 0 saturated carbocycles. The van der Waals surface area contributed by atoms with Crippen molar-refractivity contribution in [1.82, 2.24) is 29.1 Å². The van der Waals surface area contributed by atoms with Crippen molar-refractivity contribution < 1.29 is 4.74 Å². The molecule has 1 saturated heterocycles. The van der Waals surface area contributed by atoms with E-state index < -0.39 is 0 Å². The van der Waals surface area contributed by atoms with E-state index >= 15 is 0 Å². The first-order valence-corrected chi connectivity index (χ1v) is 8.78. The maximum Gasteiger partial charge on any atom is 0.165 e. The van der Waals surface area contributed by atoms with Gasteiger partial charge in [-0.1, -0.05) is 12.1 Å². The van der Waals surface area contributed by atoms with Gasteiger partial charge in [-0.25, -0.2) is 19.9 Å². The minimum Gasteiger partial charge on any atom is -0.378 e. The maximum absolute atomic E-state index is 5.43. The van der Waals surface area contributed by atoms with Crippen molar-refractivity contribution in [2.45, 2.75) is 13.1 Å². The van der Waals surface area contributed by atoms with Crippen LogP contribution in [0.25, 0.3) is 22.2 Å². The van der Waals surface area contributed by atoms with Gasteiger partial charge >= 0.3 is 0 Å². The molecular formula is C18H19N7O. The molecule has 4 heterocycles. The summed E-state index contributed by atoms with van der Waals surface area (Å²) in [6.45, 7) is 4.69. The molecular weight excluding hydrogens is 330 g/mol. The van der Waals surface area contributed by atoms with Crippen LogP contribution in [0.2, 0.25) is 0 Å². The normalized spacial score (nSPS) is 15.2. The molecule has 8 nitrogen and oxygen atoms in total. The summed E-state index contributed by atoms with van der Waals surface area (Å²) in [4.78, 5) is 20.2. The lowest BCUT2D eigenvalue weighted by Crippen LogP contribution is -2.36. The van der Waals surface area contributed by atoms with E-state index in [0.717, 1.165) is 67.4 Å². The van der Waals surface area contributed by atoms with Crippen LogP contribution in [-0.4, -0.2) is 55.4 Å². The molecule has 26 heavy (non-hydrogen) atoms. The van der Waals surface area contributed by atoms with Crippen LogP contribution in [0.1, 0.15) is 0 Å². The van der Waals surface area contributed by atoms with Gasteiger partial charge in [-0.2, -0.15) is 0 Å². The average molecular weight is 349 g/mol. The number of aromatic nitrogens is 6. The molecule has 3 aromatic heterocycles. The molecule has 5 rings (SSSR count). The molecule has 0 radical (unpaired) electrons. The zero-order valence-corrected chi connectivity index (χ0v) is 14.3. The maximum atomic E-state index is 5.43. The zero-order valence-electron chi connectivity index (χ0n) is 14.3. The summed E-state index contributed by atoms with van der Waals surface area (Å²) >= 11 is 0. The van der Waals surface area contributed by atoms with Gasteiger partial charge in [-0.15, -0.1) is 0 Å². The number of imidazole rings is 2. The van der Waals surface area contributed by atoms with Gasteiger partial charge in [0.1, 0.15) is 6.33 Å². The predicted octanol–water partition coefficient (Wildman–Crippen LogP) is 1.71. The quantitative estimate of drug-likeness (QED) is 0.558. The highest BCUT2D eigenvalue weighted by atomic mass is 16.5. The third-order valence-electron chi connectivity index (χ3n) is 4.80. The number of hydrogen-bond donors (Lipinski definition) is 0. The largest absolute Gasteiger partial charge is 0.378 e. The number of hydrogen-bond acceptors (Lipinski definition) is 6. The summed E-state index contributed by atoms with van der Waals surface area (Å²) in [6.07, 6.45) is 5.36. The molecule has 1 aliphatic heterocycles. The van der Waals surface area contributed by atoms with Gasteiger partial charge in [0.2, 0.25) is 0 Å². The van der Waals surface area contributed by atoms with Crippen LogP contribution in [0.3, 0.4) is 0 Å². The van der Waals surface area contributed by atoms with Crippen LogP contribution in [0, 0.1) is 0 Å².